The second-order valence-corrected chi connectivity index (χ2v) is 11.8. The third-order valence-electron chi connectivity index (χ3n) is 6.74. The van der Waals surface area contributed by atoms with Gasteiger partial charge in [-0.25, -0.2) is 9.97 Å². The lowest BCUT2D eigenvalue weighted by Crippen LogP contribution is -2.36. The summed E-state index contributed by atoms with van der Waals surface area (Å²) in [4.78, 5) is 11.7. The van der Waals surface area contributed by atoms with Gasteiger partial charge in [0.15, 0.2) is 0 Å². The largest absolute Gasteiger partial charge is 0.389 e. The molecule has 2 aromatic rings. The monoisotopic (exact) mass is 512 g/mol. The molecule has 0 radical (unpaired) electrons. The third-order valence-corrected chi connectivity index (χ3v) is 7.94. The molecular weight excluding hydrogens is 472 g/mol. The number of aliphatic hydroxyl groups is 1. The molecule has 0 amide bonds. The number of aromatic nitrogens is 4. The van der Waals surface area contributed by atoms with Gasteiger partial charge in [-0.3, -0.25) is 8.99 Å². The van der Waals surface area contributed by atoms with Crippen molar-refractivity contribution in [3.05, 3.63) is 24.2 Å². The van der Waals surface area contributed by atoms with Crippen LogP contribution < -0.4 is 5.32 Å². The minimum Gasteiger partial charge on any atom is -0.389 e. The van der Waals surface area contributed by atoms with Crippen LogP contribution >= 0.6 is 11.9 Å². The van der Waals surface area contributed by atoms with Crippen molar-refractivity contribution in [1.29, 1.82) is 5.26 Å². The summed E-state index contributed by atoms with van der Waals surface area (Å²) in [6.07, 6.45) is 13.9. The predicted octanol–water partition coefficient (Wildman–Crippen LogP) is 3.77. The van der Waals surface area contributed by atoms with Crippen molar-refractivity contribution in [2.45, 2.75) is 77.0 Å². The number of likely N-dealkylation sites (tertiary alicyclic amines) is 1. The van der Waals surface area contributed by atoms with E-state index in [0.717, 1.165) is 31.5 Å². The van der Waals surface area contributed by atoms with Gasteiger partial charge in [0, 0.05) is 36.6 Å². The molecule has 0 aliphatic carbocycles. The summed E-state index contributed by atoms with van der Waals surface area (Å²) in [5.74, 6) is 1.75. The Morgan fingerprint density at radius 2 is 1.92 bits per heavy atom. The van der Waals surface area contributed by atoms with E-state index in [1.54, 1.807) is 30.9 Å². The molecule has 9 nitrogen and oxygen atoms in total. The van der Waals surface area contributed by atoms with Gasteiger partial charge in [0.2, 0.25) is 5.95 Å². The number of nitrogens with one attached hydrogen (secondary N) is 1. The van der Waals surface area contributed by atoms with E-state index in [0.29, 0.717) is 29.8 Å². The number of hydrogen-bond donors (Lipinski definition) is 2. The summed E-state index contributed by atoms with van der Waals surface area (Å²) in [5.41, 5.74) is 0.845. The van der Waals surface area contributed by atoms with Crippen LogP contribution in [-0.4, -0.2) is 84.2 Å². The minimum atomic E-state index is -0.875. The Bertz CT molecular complexity index is 1000. The van der Waals surface area contributed by atoms with Crippen molar-refractivity contribution in [3.63, 3.8) is 0 Å². The molecule has 2 saturated heterocycles. The summed E-state index contributed by atoms with van der Waals surface area (Å²) in [6.45, 7) is 9.81. The SMILES string of the molecule is CC(C)(O)Cn1cc(-c2nc(NC3CCN(SCCCCN4CCCCC4)CC3)ncc2C#N)cn1. The highest BCUT2D eigenvalue weighted by Gasteiger charge is 2.21. The van der Waals surface area contributed by atoms with Crippen molar-refractivity contribution in [1.82, 2.24) is 29.0 Å². The molecule has 2 aromatic heterocycles. The fourth-order valence-corrected chi connectivity index (χ4v) is 5.91. The van der Waals surface area contributed by atoms with Gasteiger partial charge in [0.1, 0.15) is 6.07 Å². The van der Waals surface area contributed by atoms with Crippen LogP contribution in [-0.2, 0) is 6.54 Å². The van der Waals surface area contributed by atoms with Crippen molar-refractivity contribution < 1.29 is 5.11 Å². The average molecular weight is 513 g/mol. The van der Waals surface area contributed by atoms with Crippen LogP contribution in [0.4, 0.5) is 5.95 Å². The number of unbranched alkanes of at least 4 members (excludes halogenated alkanes) is 1. The van der Waals surface area contributed by atoms with E-state index >= 15 is 0 Å². The van der Waals surface area contributed by atoms with E-state index in [1.807, 2.05) is 18.1 Å². The Labute approximate surface area is 219 Å². The highest BCUT2D eigenvalue weighted by molar-refractivity contribution is 7.97. The molecule has 4 heterocycles. The van der Waals surface area contributed by atoms with E-state index in [1.165, 1.54) is 57.5 Å². The van der Waals surface area contributed by atoms with Crippen LogP contribution in [0.5, 0.6) is 0 Å². The van der Waals surface area contributed by atoms with Crippen molar-refractivity contribution in [3.8, 4) is 17.3 Å². The standard InChI is InChI=1S/C26H40N8OS/c1-26(2,35)20-33-19-22(18-29-33)24-21(16-27)17-28-25(31-24)30-23-8-13-34(14-9-23)36-15-7-6-12-32-10-4-3-5-11-32/h17-19,23,35H,3-15,20H2,1-2H3,(H,28,30,31). The number of piperidine rings is 2. The number of hydrogen-bond acceptors (Lipinski definition) is 9. The zero-order valence-corrected chi connectivity index (χ0v) is 22.5. The van der Waals surface area contributed by atoms with Crippen LogP contribution in [0, 0.1) is 11.3 Å². The Morgan fingerprint density at radius 1 is 1.14 bits per heavy atom. The summed E-state index contributed by atoms with van der Waals surface area (Å²) >= 11 is 2.00. The quantitative estimate of drug-likeness (QED) is 0.344. The summed E-state index contributed by atoms with van der Waals surface area (Å²) in [5, 5.41) is 27.4. The molecule has 2 fully saturated rings. The number of nitriles is 1. The Morgan fingerprint density at radius 3 is 2.64 bits per heavy atom. The molecule has 2 aliphatic rings. The molecule has 0 aromatic carbocycles. The fourth-order valence-electron chi connectivity index (χ4n) is 4.85. The molecule has 2 N–H and O–H groups in total. The van der Waals surface area contributed by atoms with E-state index in [2.05, 4.69) is 35.7 Å². The third kappa shape index (κ3) is 8.17. The lowest BCUT2D eigenvalue weighted by molar-refractivity contribution is 0.0577. The molecule has 0 bridgehead atoms. The lowest BCUT2D eigenvalue weighted by atomic mass is 10.1. The van der Waals surface area contributed by atoms with Gasteiger partial charge in [-0.1, -0.05) is 18.4 Å². The molecule has 4 rings (SSSR count). The topological polar surface area (TPSA) is 106 Å². The molecule has 0 atom stereocenters. The van der Waals surface area contributed by atoms with E-state index < -0.39 is 5.60 Å². The fraction of sp³-hybridized carbons (Fsp3) is 0.692. The Balaban J connectivity index is 1.22. The molecular formula is C26H40N8OS. The maximum atomic E-state index is 10.1. The average Bonchev–Trinajstić information content (AvgIpc) is 3.32. The molecule has 196 valence electrons. The Hall–Kier alpha value is -2.19. The number of rotatable bonds is 11. The van der Waals surface area contributed by atoms with Crippen LogP contribution in [0.25, 0.3) is 11.3 Å². The first-order valence-electron chi connectivity index (χ1n) is 13.3. The van der Waals surface area contributed by atoms with E-state index in [-0.39, 0.29) is 0 Å². The number of nitrogens with zero attached hydrogens (tertiary/aromatic N) is 7. The van der Waals surface area contributed by atoms with Crippen LogP contribution in [0.1, 0.15) is 64.4 Å². The molecule has 0 unspecified atom stereocenters. The predicted molar refractivity (Wildman–Crippen MR) is 144 cm³/mol. The number of anilines is 1. The summed E-state index contributed by atoms with van der Waals surface area (Å²) in [7, 11) is 0. The van der Waals surface area contributed by atoms with Crippen molar-refractivity contribution in [2.75, 3.05) is 43.8 Å². The van der Waals surface area contributed by atoms with Crippen LogP contribution in [0.2, 0.25) is 0 Å². The zero-order valence-electron chi connectivity index (χ0n) is 21.7. The van der Waals surface area contributed by atoms with Gasteiger partial charge >= 0.3 is 0 Å². The molecule has 2 aliphatic heterocycles. The molecule has 36 heavy (non-hydrogen) atoms. The summed E-state index contributed by atoms with van der Waals surface area (Å²) in [6, 6.07) is 2.50. The molecule has 0 saturated carbocycles. The van der Waals surface area contributed by atoms with Gasteiger partial charge in [-0.15, -0.1) is 0 Å². The highest BCUT2D eigenvalue weighted by Crippen LogP contribution is 2.25. The first-order valence-corrected chi connectivity index (χ1v) is 14.2. The van der Waals surface area contributed by atoms with Gasteiger partial charge in [-0.05, 0) is 72.0 Å². The van der Waals surface area contributed by atoms with E-state index in [4.69, 9.17) is 0 Å². The smallest absolute Gasteiger partial charge is 0.223 e. The second-order valence-electron chi connectivity index (χ2n) is 10.6. The van der Waals surface area contributed by atoms with Crippen molar-refractivity contribution >= 4 is 17.9 Å². The van der Waals surface area contributed by atoms with E-state index in [9.17, 15) is 10.4 Å². The van der Waals surface area contributed by atoms with Gasteiger partial charge in [-0.2, -0.15) is 10.4 Å². The Kier molecular flexibility index (Phi) is 9.60. The molecule has 0 spiro atoms. The zero-order chi connectivity index (χ0) is 25.4. The summed E-state index contributed by atoms with van der Waals surface area (Å²) < 4.78 is 4.17. The maximum Gasteiger partial charge on any atom is 0.223 e. The second kappa shape index (κ2) is 12.9. The maximum absolute atomic E-state index is 10.1. The minimum absolute atomic E-state index is 0.319. The molecule has 10 heteroatoms. The van der Waals surface area contributed by atoms with Crippen molar-refractivity contribution in [2.24, 2.45) is 0 Å². The first-order chi connectivity index (χ1) is 17.4. The van der Waals surface area contributed by atoms with Crippen LogP contribution in [0.3, 0.4) is 0 Å². The first kappa shape index (κ1) is 26.9. The van der Waals surface area contributed by atoms with Gasteiger partial charge in [0.25, 0.3) is 0 Å². The van der Waals surface area contributed by atoms with Gasteiger partial charge < -0.3 is 15.3 Å². The van der Waals surface area contributed by atoms with Crippen LogP contribution in [0.15, 0.2) is 18.6 Å². The van der Waals surface area contributed by atoms with Gasteiger partial charge in [0.05, 0.1) is 35.8 Å². The lowest BCUT2D eigenvalue weighted by Gasteiger charge is -2.31. The normalized spacial score (nSPS) is 18.3. The highest BCUT2D eigenvalue weighted by atomic mass is 32.2.